The lowest BCUT2D eigenvalue weighted by atomic mass is 10.1. The number of nitro benzene ring substituents is 1. The lowest BCUT2D eigenvalue weighted by molar-refractivity contribution is -0.385. The van der Waals surface area contributed by atoms with Crippen molar-refractivity contribution in [2.45, 2.75) is 13.5 Å². The van der Waals surface area contributed by atoms with E-state index < -0.39 is 4.92 Å². The second-order valence-electron chi connectivity index (χ2n) is 5.03. The van der Waals surface area contributed by atoms with Crippen LogP contribution in [-0.4, -0.2) is 9.91 Å². The van der Waals surface area contributed by atoms with Crippen molar-refractivity contribution < 1.29 is 9.66 Å². The number of pyridine rings is 1. The van der Waals surface area contributed by atoms with Gasteiger partial charge >= 0.3 is 5.69 Å². The smallest absolute Gasteiger partial charge is 0.310 e. The van der Waals surface area contributed by atoms with Crippen molar-refractivity contribution in [1.29, 1.82) is 0 Å². The Hall–Kier alpha value is -2.66. The van der Waals surface area contributed by atoms with Crippen molar-refractivity contribution >= 4 is 28.2 Å². The Morgan fingerprint density at radius 1 is 1.17 bits per heavy atom. The third kappa shape index (κ3) is 2.96. The average molecular weight is 329 g/mol. The molecule has 0 radical (unpaired) electrons. The van der Waals surface area contributed by atoms with Gasteiger partial charge in [0.2, 0.25) is 0 Å². The van der Waals surface area contributed by atoms with Crippen molar-refractivity contribution in [2.75, 3.05) is 0 Å². The Bertz CT molecular complexity index is 896. The maximum Gasteiger partial charge on any atom is 0.310 e. The van der Waals surface area contributed by atoms with Crippen molar-refractivity contribution in [3.63, 3.8) is 0 Å². The first kappa shape index (κ1) is 15.2. The number of ether oxygens (including phenoxy) is 1. The fourth-order valence-corrected chi connectivity index (χ4v) is 2.59. The number of aromatic nitrogens is 1. The molecule has 23 heavy (non-hydrogen) atoms. The second-order valence-corrected chi connectivity index (χ2v) is 5.41. The highest BCUT2D eigenvalue weighted by Crippen LogP contribution is 2.30. The van der Waals surface area contributed by atoms with Crippen molar-refractivity contribution in [1.82, 2.24) is 4.98 Å². The molecule has 0 fully saturated rings. The van der Waals surface area contributed by atoms with E-state index in [-0.39, 0.29) is 18.0 Å². The molecule has 1 heterocycles. The molecule has 3 aromatic rings. The molecule has 0 saturated heterocycles. The van der Waals surface area contributed by atoms with Crippen LogP contribution in [-0.2, 0) is 6.61 Å². The SMILES string of the molecule is Cc1c(Cl)c(COc2ccccc2[N+](=O)[O-])nc2ccccc12. The highest BCUT2D eigenvalue weighted by atomic mass is 35.5. The molecule has 0 aliphatic carbocycles. The summed E-state index contributed by atoms with van der Waals surface area (Å²) in [5.74, 6) is 0.196. The molecule has 116 valence electrons. The Morgan fingerprint density at radius 3 is 2.65 bits per heavy atom. The normalized spacial score (nSPS) is 10.7. The monoisotopic (exact) mass is 328 g/mol. The van der Waals surface area contributed by atoms with E-state index in [9.17, 15) is 10.1 Å². The van der Waals surface area contributed by atoms with Gasteiger partial charge in [-0.1, -0.05) is 41.9 Å². The third-order valence-electron chi connectivity index (χ3n) is 3.57. The first-order chi connectivity index (χ1) is 11.1. The van der Waals surface area contributed by atoms with Gasteiger partial charge in [-0.25, -0.2) is 4.98 Å². The molecule has 0 aliphatic heterocycles. The van der Waals surface area contributed by atoms with E-state index in [1.165, 1.54) is 6.07 Å². The zero-order chi connectivity index (χ0) is 16.4. The van der Waals surface area contributed by atoms with Crippen LogP contribution in [0, 0.1) is 17.0 Å². The van der Waals surface area contributed by atoms with Crippen molar-refractivity contribution in [3.05, 3.63) is 74.9 Å². The van der Waals surface area contributed by atoms with E-state index in [2.05, 4.69) is 4.98 Å². The minimum atomic E-state index is -0.476. The number of para-hydroxylation sites is 3. The molecule has 6 heteroatoms. The molecule has 0 spiro atoms. The first-order valence-corrected chi connectivity index (χ1v) is 7.35. The minimum Gasteiger partial charge on any atom is -0.480 e. The van der Waals surface area contributed by atoms with E-state index in [1.54, 1.807) is 18.2 Å². The van der Waals surface area contributed by atoms with Crippen LogP contribution in [0.5, 0.6) is 5.75 Å². The number of rotatable bonds is 4. The second kappa shape index (κ2) is 6.22. The van der Waals surface area contributed by atoms with E-state index >= 15 is 0 Å². The summed E-state index contributed by atoms with van der Waals surface area (Å²) in [4.78, 5) is 15.0. The van der Waals surface area contributed by atoms with Gasteiger partial charge in [0, 0.05) is 11.5 Å². The maximum atomic E-state index is 11.0. The molecule has 5 nitrogen and oxygen atoms in total. The molecule has 0 saturated carbocycles. The highest BCUT2D eigenvalue weighted by molar-refractivity contribution is 6.32. The van der Waals surface area contributed by atoms with Gasteiger partial charge in [-0.05, 0) is 24.6 Å². The van der Waals surface area contributed by atoms with Gasteiger partial charge in [-0.3, -0.25) is 10.1 Å². The average Bonchev–Trinajstić information content (AvgIpc) is 2.57. The summed E-state index contributed by atoms with van der Waals surface area (Å²) in [6, 6.07) is 13.9. The molecule has 1 aromatic heterocycles. The molecular weight excluding hydrogens is 316 g/mol. The number of hydrogen-bond acceptors (Lipinski definition) is 4. The summed E-state index contributed by atoms with van der Waals surface area (Å²) in [6.45, 7) is 1.98. The van der Waals surface area contributed by atoms with Crippen molar-refractivity contribution in [2.24, 2.45) is 0 Å². The molecule has 0 N–H and O–H groups in total. The summed E-state index contributed by atoms with van der Waals surface area (Å²) in [6.07, 6.45) is 0. The Morgan fingerprint density at radius 2 is 1.87 bits per heavy atom. The number of benzene rings is 2. The van der Waals surface area contributed by atoms with Crippen LogP contribution in [0.15, 0.2) is 48.5 Å². The van der Waals surface area contributed by atoms with E-state index in [1.807, 2.05) is 31.2 Å². The molecule has 0 amide bonds. The molecule has 0 bridgehead atoms. The molecule has 0 unspecified atom stereocenters. The van der Waals surface area contributed by atoms with E-state index in [4.69, 9.17) is 16.3 Å². The zero-order valence-corrected chi connectivity index (χ0v) is 13.1. The van der Waals surface area contributed by atoms with Crippen LogP contribution >= 0.6 is 11.6 Å². The number of hydrogen-bond donors (Lipinski definition) is 0. The largest absolute Gasteiger partial charge is 0.480 e. The topological polar surface area (TPSA) is 65.3 Å². The van der Waals surface area contributed by atoms with Gasteiger partial charge in [0.05, 0.1) is 21.2 Å². The molecule has 3 rings (SSSR count). The Balaban J connectivity index is 1.94. The van der Waals surface area contributed by atoms with Crippen LogP contribution in [0.2, 0.25) is 5.02 Å². The van der Waals surface area contributed by atoms with Crippen molar-refractivity contribution in [3.8, 4) is 5.75 Å². The summed E-state index contributed by atoms with van der Waals surface area (Å²) in [7, 11) is 0. The zero-order valence-electron chi connectivity index (χ0n) is 12.3. The van der Waals surface area contributed by atoms with Crippen LogP contribution in [0.1, 0.15) is 11.3 Å². The minimum absolute atomic E-state index is 0.0648. The van der Waals surface area contributed by atoms with Gasteiger partial charge in [-0.15, -0.1) is 0 Å². The van der Waals surface area contributed by atoms with Crippen LogP contribution in [0.3, 0.4) is 0 Å². The number of fused-ring (bicyclic) bond motifs is 1. The van der Waals surface area contributed by atoms with Crippen LogP contribution in [0.25, 0.3) is 10.9 Å². The standard InChI is InChI=1S/C17H13ClN2O3/c1-11-12-6-2-3-7-13(12)19-14(17(11)18)10-23-16-9-5-4-8-15(16)20(21)22/h2-9H,10H2,1H3. The molecule has 0 atom stereocenters. The summed E-state index contributed by atoms with van der Waals surface area (Å²) in [5, 5.41) is 12.5. The van der Waals surface area contributed by atoms with Gasteiger partial charge < -0.3 is 4.74 Å². The van der Waals surface area contributed by atoms with E-state index in [0.717, 1.165) is 16.5 Å². The predicted octanol–water partition coefficient (Wildman–Crippen LogP) is 4.68. The molecule has 0 aliphatic rings. The first-order valence-electron chi connectivity index (χ1n) is 6.98. The summed E-state index contributed by atoms with van der Waals surface area (Å²) >= 11 is 6.36. The number of aryl methyl sites for hydroxylation is 1. The van der Waals surface area contributed by atoms with Crippen LogP contribution < -0.4 is 4.74 Å². The highest BCUT2D eigenvalue weighted by Gasteiger charge is 2.16. The Kier molecular flexibility index (Phi) is 4.12. The number of halogens is 1. The third-order valence-corrected chi connectivity index (χ3v) is 4.07. The Labute approximate surface area is 137 Å². The number of nitro groups is 1. The van der Waals surface area contributed by atoms with Crippen LogP contribution in [0.4, 0.5) is 5.69 Å². The fraction of sp³-hybridized carbons (Fsp3) is 0.118. The lowest BCUT2D eigenvalue weighted by Gasteiger charge is -2.11. The van der Waals surface area contributed by atoms with Gasteiger partial charge in [0.15, 0.2) is 5.75 Å². The van der Waals surface area contributed by atoms with E-state index in [0.29, 0.717) is 10.7 Å². The molecular formula is C17H13ClN2O3. The fourth-order valence-electron chi connectivity index (χ4n) is 2.39. The maximum absolute atomic E-state index is 11.0. The quantitative estimate of drug-likeness (QED) is 0.515. The number of nitrogens with zero attached hydrogens (tertiary/aromatic N) is 2. The van der Waals surface area contributed by atoms with Gasteiger partial charge in [0.1, 0.15) is 6.61 Å². The lowest BCUT2D eigenvalue weighted by Crippen LogP contribution is -2.03. The van der Waals surface area contributed by atoms with Gasteiger partial charge in [0.25, 0.3) is 0 Å². The van der Waals surface area contributed by atoms with Gasteiger partial charge in [-0.2, -0.15) is 0 Å². The summed E-state index contributed by atoms with van der Waals surface area (Å²) < 4.78 is 5.58. The molecule has 2 aromatic carbocycles. The predicted molar refractivity (Wildman–Crippen MR) is 88.9 cm³/mol. The summed E-state index contributed by atoms with van der Waals surface area (Å²) in [5.41, 5.74) is 2.20.